The van der Waals surface area contributed by atoms with E-state index < -0.39 is 6.67 Å². The third-order valence-electron chi connectivity index (χ3n) is 3.29. The van der Waals surface area contributed by atoms with Gasteiger partial charge in [-0.05, 0) is 24.6 Å². The third-order valence-corrected chi connectivity index (χ3v) is 3.79. The van der Waals surface area contributed by atoms with Crippen LogP contribution in [0.2, 0.25) is 0 Å². The van der Waals surface area contributed by atoms with Crippen molar-refractivity contribution in [1.29, 1.82) is 0 Å². The van der Waals surface area contributed by atoms with Crippen LogP contribution in [0.25, 0.3) is 0 Å². The van der Waals surface area contributed by atoms with Crippen LogP contribution >= 0.6 is 15.9 Å². The van der Waals surface area contributed by atoms with Gasteiger partial charge in [0.25, 0.3) is 0 Å². The summed E-state index contributed by atoms with van der Waals surface area (Å²) < 4.78 is 27.5. The summed E-state index contributed by atoms with van der Waals surface area (Å²) in [6.07, 6.45) is 0.341. The molecule has 0 bridgehead atoms. The molecule has 100 valence electrons. The lowest BCUT2D eigenvalue weighted by Gasteiger charge is -2.35. The maximum absolute atomic E-state index is 13.9. The number of piperazine rings is 1. The maximum Gasteiger partial charge on any atom is 0.128 e. The lowest BCUT2D eigenvalue weighted by molar-refractivity contribution is 0.154. The van der Waals surface area contributed by atoms with E-state index in [2.05, 4.69) is 26.1 Å². The van der Waals surface area contributed by atoms with Gasteiger partial charge >= 0.3 is 0 Å². The Labute approximate surface area is 114 Å². The van der Waals surface area contributed by atoms with Crippen LogP contribution in [0.5, 0.6) is 0 Å². The fourth-order valence-electron chi connectivity index (χ4n) is 2.40. The average Bonchev–Trinajstić information content (AvgIpc) is 2.40. The monoisotopic (exact) mass is 318 g/mol. The molecule has 0 aliphatic carbocycles. The molecule has 0 spiro atoms. The fourth-order valence-corrected chi connectivity index (χ4v) is 2.78. The summed E-state index contributed by atoms with van der Waals surface area (Å²) >= 11 is 3.35. The number of halogens is 3. The van der Waals surface area contributed by atoms with Crippen LogP contribution < -0.4 is 5.32 Å². The number of hydrogen-bond acceptors (Lipinski definition) is 2. The fraction of sp³-hybridized carbons (Fsp3) is 0.538. The summed E-state index contributed by atoms with van der Waals surface area (Å²) in [6.45, 7) is 2.98. The van der Waals surface area contributed by atoms with Crippen LogP contribution in [-0.2, 0) is 0 Å². The Kier molecular flexibility index (Phi) is 5.09. The Bertz CT molecular complexity index is 395. The summed E-state index contributed by atoms with van der Waals surface area (Å²) in [4.78, 5) is 2.15. The van der Waals surface area contributed by atoms with Gasteiger partial charge in [-0.15, -0.1) is 0 Å². The molecule has 1 atom stereocenters. The lowest BCUT2D eigenvalue weighted by atomic mass is 10.0. The molecule has 2 nitrogen and oxygen atoms in total. The van der Waals surface area contributed by atoms with Crippen molar-refractivity contribution in [3.63, 3.8) is 0 Å². The van der Waals surface area contributed by atoms with Gasteiger partial charge in [-0.2, -0.15) is 0 Å². The summed E-state index contributed by atoms with van der Waals surface area (Å²) in [5.41, 5.74) is 0.587. The minimum absolute atomic E-state index is 0.172. The third kappa shape index (κ3) is 3.28. The Balaban J connectivity index is 2.24. The molecule has 1 saturated heterocycles. The molecule has 18 heavy (non-hydrogen) atoms. The molecule has 0 unspecified atom stereocenters. The lowest BCUT2D eigenvalue weighted by Crippen LogP contribution is -2.45. The molecule has 0 aromatic heterocycles. The second-order valence-electron chi connectivity index (χ2n) is 4.45. The van der Waals surface area contributed by atoms with E-state index in [-0.39, 0.29) is 11.9 Å². The van der Waals surface area contributed by atoms with Gasteiger partial charge in [0.1, 0.15) is 5.82 Å². The highest BCUT2D eigenvalue weighted by molar-refractivity contribution is 9.10. The molecule has 0 radical (unpaired) electrons. The van der Waals surface area contributed by atoms with Crippen LogP contribution in [0.4, 0.5) is 8.78 Å². The topological polar surface area (TPSA) is 15.3 Å². The van der Waals surface area contributed by atoms with Crippen LogP contribution in [0.15, 0.2) is 22.7 Å². The predicted molar refractivity (Wildman–Crippen MR) is 71.9 cm³/mol. The van der Waals surface area contributed by atoms with Gasteiger partial charge in [0.05, 0.1) is 6.67 Å². The number of alkyl halides is 1. The van der Waals surface area contributed by atoms with E-state index in [1.54, 1.807) is 12.1 Å². The zero-order valence-electron chi connectivity index (χ0n) is 10.1. The van der Waals surface area contributed by atoms with Crippen LogP contribution in [0, 0.1) is 5.82 Å². The maximum atomic E-state index is 13.9. The van der Waals surface area contributed by atoms with Crippen molar-refractivity contribution in [2.75, 3.05) is 32.9 Å². The number of benzene rings is 1. The van der Waals surface area contributed by atoms with Crippen molar-refractivity contribution < 1.29 is 8.78 Å². The van der Waals surface area contributed by atoms with Crippen molar-refractivity contribution in [3.05, 3.63) is 34.1 Å². The average molecular weight is 319 g/mol. The van der Waals surface area contributed by atoms with Gasteiger partial charge in [0.2, 0.25) is 0 Å². The first-order valence-electron chi connectivity index (χ1n) is 6.18. The van der Waals surface area contributed by atoms with Gasteiger partial charge in [0.15, 0.2) is 0 Å². The summed E-state index contributed by atoms with van der Waals surface area (Å²) in [6, 6.07) is 4.70. The summed E-state index contributed by atoms with van der Waals surface area (Å²) in [5.74, 6) is -0.254. The largest absolute Gasteiger partial charge is 0.314 e. The van der Waals surface area contributed by atoms with E-state index in [9.17, 15) is 8.78 Å². The molecule has 1 aromatic rings. The molecule has 1 aromatic carbocycles. The molecule has 0 saturated carbocycles. The highest BCUT2D eigenvalue weighted by atomic mass is 79.9. The van der Waals surface area contributed by atoms with Crippen LogP contribution in [0.3, 0.4) is 0 Å². The van der Waals surface area contributed by atoms with Gasteiger partial charge in [-0.1, -0.05) is 15.9 Å². The molecule has 2 rings (SSSR count). The van der Waals surface area contributed by atoms with Gasteiger partial charge in [0, 0.05) is 42.3 Å². The summed E-state index contributed by atoms with van der Waals surface area (Å²) in [7, 11) is 0. The molecule has 1 aliphatic rings. The van der Waals surface area contributed by atoms with E-state index in [1.165, 1.54) is 6.07 Å². The first kappa shape index (κ1) is 13.9. The second kappa shape index (κ2) is 6.59. The molecule has 1 aliphatic heterocycles. The van der Waals surface area contributed by atoms with E-state index >= 15 is 0 Å². The molecular weight excluding hydrogens is 302 g/mol. The molecule has 1 N–H and O–H groups in total. The highest BCUT2D eigenvalue weighted by Gasteiger charge is 2.24. The standard InChI is InChI=1S/C13H17BrF2N2/c14-10-1-2-12(16)11(9-10)13(3-4-15)18-7-5-17-6-8-18/h1-2,9,13,17H,3-8H2/t13-/m1/s1. The van der Waals surface area contributed by atoms with E-state index in [4.69, 9.17) is 0 Å². The predicted octanol–water partition coefficient (Wildman–Crippen LogP) is 2.89. The van der Waals surface area contributed by atoms with Crippen molar-refractivity contribution in [2.45, 2.75) is 12.5 Å². The number of rotatable bonds is 4. The number of hydrogen-bond donors (Lipinski definition) is 1. The SMILES string of the molecule is FCC[C@H](c1cc(Br)ccc1F)N1CCNCC1. The zero-order valence-corrected chi connectivity index (χ0v) is 11.7. The van der Waals surface area contributed by atoms with Crippen molar-refractivity contribution in [1.82, 2.24) is 10.2 Å². The van der Waals surface area contributed by atoms with Crippen LogP contribution in [-0.4, -0.2) is 37.8 Å². The Morgan fingerprint density at radius 1 is 1.33 bits per heavy atom. The minimum Gasteiger partial charge on any atom is -0.314 e. The molecular formula is C13H17BrF2N2. The van der Waals surface area contributed by atoms with Crippen LogP contribution in [0.1, 0.15) is 18.0 Å². The Morgan fingerprint density at radius 2 is 2.06 bits per heavy atom. The highest BCUT2D eigenvalue weighted by Crippen LogP contribution is 2.29. The molecule has 1 heterocycles. The van der Waals surface area contributed by atoms with Gasteiger partial charge in [-0.25, -0.2) is 4.39 Å². The zero-order chi connectivity index (χ0) is 13.0. The van der Waals surface area contributed by atoms with E-state index in [0.717, 1.165) is 30.7 Å². The Morgan fingerprint density at radius 3 is 2.72 bits per heavy atom. The molecule has 5 heteroatoms. The van der Waals surface area contributed by atoms with E-state index in [1.807, 2.05) is 0 Å². The van der Waals surface area contributed by atoms with Crippen molar-refractivity contribution >= 4 is 15.9 Å². The minimum atomic E-state index is -0.430. The normalized spacial score (nSPS) is 18.8. The van der Waals surface area contributed by atoms with Crippen molar-refractivity contribution in [2.24, 2.45) is 0 Å². The van der Waals surface area contributed by atoms with Gasteiger partial charge in [-0.3, -0.25) is 9.29 Å². The Hall–Kier alpha value is -0.520. The first-order valence-corrected chi connectivity index (χ1v) is 6.97. The molecule has 0 amide bonds. The smallest absolute Gasteiger partial charge is 0.128 e. The molecule has 1 fully saturated rings. The first-order chi connectivity index (χ1) is 8.72. The summed E-state index contributed by atoms with van der Waals surface area (Å²) in [5, 5.41) is 3.25. The van der Waals surface area contributed by atoms with Gasteiger partial charge < -0.3 is 5.32 Å². The number of nitrogens with one attached hydrogen (secondary N) is 1. The van der Waals surface area contributed by atoms with Crippen molar-refractivity contribution in [3.8, 4) is 0 Å². The quantitative estimate of drug-likeness (QED) is 0.918. The van der Waals surface area contributed by atoms with E-state index in [0.29, 0.717) is 12.0 Å². The number of nitrogens with zero attached hydrogens (tertiary/aromatic N) is 1. The second-order valence-corrected chi connectivity index (χ2v) is 5.36.